The Morgan fingerprint density at radius 1 is 1.10 bits per heavy atom. The molecule has 2 rings (SSSR count). The van der Waals surface area contributed by atoms with Gasteiger partial charge in [-0.25, -0.2) is 0 Å². The quantitative estimate of drug-likeness (QED) is 0.807. The third kappa shape index (κ3) is 5.34. The zero-order valence-electron chi connectivity index (χ0n) is 13.9. The lowest BCUT2D eigenvalue weighted by Crippen LogP contribution is -2.42. The van der Waals surface area contributed by atoms with Crippen LogP contribution < -0.4 is 5.32 Å². The van der Waals surface area contributed by atoms with Crippen LogP contribution in [0, 0.1) is 11.8 Å². The van der Waals surface area contributed by atoms with Gasteiger partial charge < -0.3 is 15.1 Å². The summed E-state index contributed by atoms with van der Waals surface area (Å²) < 4.78 is 0. The molecule has 1 heterocycles. The van der Waals surface area contributed by atoms with E-state index in [4.69, 9.17) is 0 Å². The highest BCUT2D eigenvalue weighted by molar-refractivity contribution is 4.78. The molecule has 2 unspecified atom stereocenters. The second-order valence-electron chi connectivity index (χ2n) is 7.33. The van der Waals surface area contributed by atoms with Gasteiger partial charge in [-0.2, -0.15) is 0 Å². The topological polar surface area (TPSA) is 18.5 Å². The third-order valence-corrected chi connectivity index (χ3v) is 5.42. The minimum absolute atomic E-state index is 0.778. The normalized spacial score (nSPS) is 30.0. The average Bonchev–Trinajstić information content (AvgIpc) is 2.43. The molecule has 0 aromatic heterocycles. The lowest BCUT2D eigenvalue weighted by atomic mass is 9.86. The van der Waals surface area contributed by atoms with Crippen LogP contribution in [0.5, 0.6) is 0 Å². The number of piperidine rings is 1. The fourth-order valence-electron chi connectivity index (χ4n) is 3.84. The molecule has 1 N–H and O–H groups in total. The minimum Gasteiger partial charge on any atom is -0.312 e. The van der Waals surface area contributed by atoms with Crippen molar-refractivity contribution in [3.63, 3.8) is 0 Å². The van der Waals surface area contributed by atoms with Crippen molar-refractivity contribution in [1.29, 1.82) is 0 Å². The lowest BCUT2D eigenvalue weighted by molar-refractivity contribution is 0.174. The van der Waals surface area contributed by atoms with Gasteiger partial charge in [0, 0.05) is 25.7 Å². The SMILES string of the molecule is CC1CCCCC1NCCN(C)CC1CCN(C)CC1. The van der Waals surface area contributed by atoms with E-state index in [2.05, 4.69) is 36.1 Å². The van der Waals surface area contributed by atoms with Gasteiger partial charge in [-0.1, -0.05) is 19.8 Å². The molecule has 118 valence electrons. The summed E-state index contributed by atoms with van der Waals surface area (Å²) in [7, 11) is 4.54. The van der Waals surface area contributed by atoms with Crippen molar-refractivity contribution >= 4 is 0 Å². The molecule has 0 aromatic carbocycles. The molecule has 20 heavy (non-hydrogen) atoms. The number of likely N-dealkylation sites (N-methyl/N-ethyl adjacent to an activating group) is 1. The van der Waals surface area contributed by atoms with Gasteiger partial charge in [-0.15, -0.1) is 0 Å². The van der Waals surface area contributed by atoms with Crippen LogP contribution in [0.3, 0.4) is 0 Å². The zero-order chi connectivity index (χ0) is 14.4. The molecule has 2 aliphatic rings. The van der Waals surface area contributed by atoms with E-state index in [9.17, 15) is 0 Å². The number of hydrogen-bond donors (Lipinski definition) is 1. The van der Waals surface area contributed by atoms with Gasteiger partial charge in [0.2, 0.25) is 0 Å². The molecule has 1 aliphatic carbocycles. The van der Waals surface area contributed by atoms with Crippen molar-refractivity contribution in [2.75, 3.05) is 46.8 Å². The number of rotatable bonds is 6. The summed E-state index contributed by atoms with van der Waals surface area (Å²) >= 11 is 0. The molecule has 0 radical (unpaired) electrons. The van der Waals surface area contributed by atoms with Crippen molar-refractivity contribution in [1.82, 2.24) is 15.1 Å². The van der Waals surface area contributed by atoms with Gasteiger partial charge in [0.25, 0.3) is 0 Å². The Bertz CT molecular complexity index is 261. The van der Waals surface area contributed by atoms with E-state index in [0.29, 0.717) is 0 Å². The fraction of sp³-hybridized carbons (Fsp3) is 1.00. The van der Waals surface area contributed by atoms with E-state index in [-0.39, 0.29) is 0 Å². The van der Waals surface area contributed by atoms with Crippen LogP contribution in [0.1, 0.15) is 45.4 Å². The van der Waals surface area contributed by atoms with Crippen LogP contribution in [0.25, 0.3) is 0 Å². The molecule has 1 aliphatic heterocycles. The summed E-state index contributed by atoms with van der Waals surface area (Å²) in [4.78, 5) is 5.00. The number of nitrogens with one attached hydrogen (secondary N) is 1. The molecule has 0 spiro atoms. The van der Waals surface area contributed by atoms with Crippen molar-refractivity contribution in [2.24, 2.45) is 11.8 Å². The Labute approximate surface area is 126 Å². The van der Waals surface area contributed by atoms with Gasteiger partial charge in [-0.3, -0.25) is 0 Å². The lowest BCUT2D eigenvalue weighted by Gasteiger charge is -2.33. The summed E-state index contributed by atoms with van der Waals surface area (Å²) in [6, 6.07) is 0.778. The molecule has 0 amide bonds. The molecule has 1 saturated heterocycles. The average molecular weight is 281 g/mol. The smallest absolute Gasteiger partial charge is 0.0104 e. The Hall–Kier alpha value is -0.120. The second-order valence-corrected chi connectivity index (χ2v) is 7.33. The molecular weight excluding hydrogens is 246 g/mol. The van der Waals surface area contributed by atoms with Crippen LogP contribution in [0.4, 0.5) is 0 Å². The molecule has 2 atom stereocenters. The van der Waals surface area contributed by atoms with Crippen LogP contribution in [-0.4, -0.2) is 62.7 Å². The Kier molecular flexibility index (Phi) is 6.79. The Morgan fingerprint density at radius 2 is 1.80 bits per heavy atom. The molecule has 1 saturated carbocycles. The first-order valence-electron chi connectivity index (χ1n) is 8.75. The van der Waals surface area contributed by atoms with E-state index >= 15 is 0 Å². The van der Waals surface area contributed by atoms with E-state index in [1.807, 2.05) is 0 Å². The maximum atomic E-state index is 3.80. The highest BCUT2D eigenvalue weighted by Crippen LogP contribution is 2.23. The maximum absolute atomic E-state index is 3.80. The van der Waals surface area contributed by atoms with Crippen molar-refractivity contribution < 1.29 is 0 Å². The summed E-state index contributed by atoms with van der Waals surface area (Å²) in [5, 5.41) is 3.80. The van der Waals surface area contributed by atoms with Crippen LogP contribution in [0.2, 0.25) is 0 Å². The predicted octanol–water partition coefficient (Wildman–Crippen LogP) is 2.43. The molecule has 0 bridgehead atoms. The van der Waals surface area contributed by atoms with Gasteiger partial charge >= 0.3 is 0 Å². The first-order chi connectivity index (χ1) is 9.65. The Morgan fingerprint density at radius 3 is 2.50 bits per heavy atom. The molecular formula is C17H35N3. The monoisotopic (exact) mass is 281 g/mol. The third-order valence-electron chi connectivity index (χ3n) is 5.42. The largest absolute Gasteiger partial charge is 0.312 e. The van der Waals surface area contributed by atoms with Crippen LogP contribution >= 0.6 is 0 Å². The van der Waals surface area contributed by atoms with Crippen LogP contribution in [0.15, 0.2) is 0 Å². The number of likely N-dealkylation sites (tertiary alicyclic amines) is 1. The number of hydrogen-bond acceptors (Lipinski definition) is 3. The van der Waals surface area contributed by atoms with Crippen LogP contribution in [-0.2, 0) is 0 Å². The van der Waals surface area contributed by atoms with E-state index in [1.165, 1.54) is 64.7 Å². The van der Waals surface area contributed by atoms with Gasteiger partial charge in [0.05, 0.1) is 0 Å². The van der Waals surface area contributed by atoms with E-state index in [0.717, 1.165) is 24.4 Å². The van der Waals surface area contributed by atoms with Crippen molar-refractivity contribution in [3.05, 3.63) is 0 Å². The van der Waals surface area contributed by atoms with E-state index < -0.39 is 0 Å². The van der Waals surface area contributed by atoms with Crippen molar-refractivity contribution in [2.45, 2.75) is 51.5 Å². The highest BCUT2D eigenvalue weighted by Gasteiger charge is 2.21. The number of nitrogens with zero attached hydrogens (tertiary/aromatic N) is 2. The summed E-state index contributed by atoms with van der Waals surface area (Å²) in [6.07, 6.45) is 8.44. The maximum Gasteiger partial charge on any atom is 0.0104 e. The Balaban J connectivity index is 1.56. The van der Waals surface area contributed by atoms with Gasteiger partial charge in [-0.05, 0) is 64.7 Å². The standard InChI is InChI=1S/C17H35N3/c1-15-6-4-5-7-17(15)18-10-13-20(3)14-16-8-11-19(2)12-9-16/h15-18H,4-14H2,1-3H3. The molecule has 2 fully saturated rings. The first kappa shape index (κ1) is 16.3. The fourth-order valence-corrected chi connectivity index (χ4v) is 3.84. The van der Waals surface area contributed by atoms with Gasteiger partial charge in [0.1, 0.15) is 0 Å². The molecule has 3 nitrogen and oxygen atoms in total. The highest BCUT2D eigenvalue weighted by atomic mass is 15.1. The first-order valence-corrected chi connectivity index (χ1v) is 8.75. The summed E-state index contributed by atoms with van der Waals surface area (Å²) in [6.45, 7) is 8.65. The zero-order valence-corrected chi connectivity index (χ0v) is 13.9. The molecule has 3 heteroatoms. The second kappa shape index (κ2) is 8.35. The van der Waals surface area contributed by atoms with E-state index in [1.54, 1.807) is 0 Å². The summed E-state index contributed by atoms with van der Waals surface area (Å²) in [5.74, 6) is 1.80. The minimum atomic E-state index is 0.778. The molecule has 0 aromatic rings. The van der Waals surface area contributed by atoms with Crippen molar-refractivity contribution in [3.8, 4) is 0 Å². The predicted molar refractivity (Wildman–Crippen MR) is 87.1 cm³/mol. The summed E-state index contributed by atoms with van der Waals surface area (Å²) in [5.41, 5.74) is 0. The van der Waals surface area contributed by atoms with Gasteiger partial charge in [0.15, 0.2) is 0 Å².